The van der Waals surface area contributed by atoms with E-state index in [1.165, 1.54) is 6.08 Å². The molecule has 0 fully saturated rings. The third-order valence-corrected chi connectivity index (χ3v) is 6.31. The Labute approximate surface area is 212 Å². The van der Waals surface area contributed by atoms with E-state index in [1.54, 1.807) is 24.3 Å². The summed E-state index contributed by atoms with van der Waals surface area (Å²) in [6.45, 7) is 2.89. The Bertz CT molecular complexity index is 1380. The number of benzene rings is 2. The highest BCUT2D eigenvalue weighted by atomic mass is 35.5. The van der Waals surface area contributed by atoms with Crippen LogP contribution < -0.4 is 14.8 Å². The molecule has 0 aliphatic carbocycles. The van der Waals surface area contributed by atoms with Crippen LogP contribution in [0.15, 0.2) is 53.2 Å². The predicted octanol–water partition coefficient (Wildman–Crippen LogP) is 4.30. The van der Waals surface area contributed by atoms with Crippen LogP contribution in [0, 0.1) is 18.3 Å². The monoisotopic (exact) mass is 532 g/mol. The second-order valence-corrected chi connectivity index (χ2v) is 10.4. The minimum absolute atomic E-state index is 0.0373. The zero-order valence-electron chi connectivity index (χ0n) is 18.8. The number of hydrogen-bond acceptors (Lipinski definition) is 9. The summed E-state index contributed by atoms with van der Waals surface area (Å²) >= 11 is 6.99. The standard InChI is InChI=1S/C23H21ClN4O5S2/c1-15-4-7-18(8-5-15)32-10-3-11-33-20-9-6-16(13-19(20)24)12-17(14-25)21(29)26-22-27-23(28-34-22)35(2,30)31/h4-9,12-13H,3,10-11H2,1-2H3,(H,26,27,28,29)/b17-12-. The lowest BCUT2D eigenvalue weighted by molar-refractivity contribution is -0.112. The Balaban J connectivity index is 1.55. The quantitative estimate of drug-likeness (QED) is 0.232. The summed E-state index contributed by atoms with van der Waals surface area (Å²) < 4.78 is 38.0. The van der Waals surface area contributed by atoms with Gasteiger partial charge in [-0.15, -0.1) is 0 Å². The zero-order chi connectivity index (χ0) is 25.4. The SMILES string of the molecule is Cc1ccc(OCCCOc2ccc(/C=C(/C#N)C(=O)Nc3nc(S(C)(=O)=O)ns3)cc2Cl)cc1. The lowest BCUT2D eigenvalue weighted by Crippen LogP contribution is -2.13. The van der Waals surface area contributed by atoms with Crippen LogP contribution in [0.4, 0.5) is 5.13 Å². The van der Waals surface area contributed by atoms with Gasteiger partial charge in [0.1, 0.15) is 23.1 Å². The van der Waals surface area contributed by atoms with Gasteiger partial charge < -0.3 is 9.47 Å². The van der Waals surface area contributed by atoms with Gasteiger partial charge in [0.15, 0.2) is 0 Å². The number of sulfone groups is 1. The van der Waals surface area contributed by atoms with E-state index < -0.39 is 20.9 Å². The summed E-state index contributed by atoms with van der Waals surface area (Å²) in [6, 6.07) is 14.5. The van der Waals surface area contributed by atoms with E-state index in [1.807, 2.05) is 31.2 Å². The van der Waals surface area contributed by atoms with Crippen molar-refractivity contribution in [2.24, 2.45) is 0 Å². The number of halogens is 1. The molecular weight excluding hydrogens is 512 g/mol. The second-order valence-electron chi connectivity index (χ2n) is 7.33. The van der Waals surface area contributed by atoms with Crippen LogP contribution in [0.1, 0.15) is 17.5 Å². The first-order valence-electron chi connectivity index (χ1n) is 10.2. The van der Waals surface area contributed by atoms with Crippen LogP contribution in [0.25, 0.3) is 6.08 Å². The summed E-state index contributed by atoms with van der Waals surface area (Å²) in [5.41, 5.74) is 1.45. The first-order valence-corrected chi connectivity index (χ1v) is 13.3. The molecule has 0 unspecified atom stereocenters. The number of carbonyl (C=O) groups is 1. The molecule has 0 saturated heterocycles. The second kappa shape index (κ2) is 11.8. The molecule has 0 aliphatic heterocycles. The van der Waals surface area contributed by atoms with Crippen LogP contribution in [0.3, 0.4) is 0 Å². The molecule has 0 bridgehead atoms. The summed E-state index contributed by atoms with van der Waals surface area (Å²) in [5.74, 6) is 0.502. The van der Waals surface area contributed by atoms with Gasteiger partial charge in [-0.3, -0.25) is 10.1 Å². The molecule has 0 aliphatic rings. The van der Waals surface area contributed by atoms with Crippen molar-refractivity contribution in [3.63, 3.8) is 0 Å². The molecule has 182 valence electrons. The summed E-state index contributed by atoms with van der Waals surface area (Å²) in [4.78, 5) is 16.1. The van der Waals surface area contributed by atoms with Crippen molar-refractivity contribution in [1.82, 2.24) is 9.36 Å². The fourth-order valence-electron chi connectivity index (χ4n) is 2.68. The van der Waals surface area contributed by atoms with Crippen molar-refractivity contribution in [1.29, 1.82) is 5.26 Å². The minimum Gasteiger partial charge on any atom is -0.493 e. The molecule has 35 heavy (non-hydrogen) atoms. The number of aryl methyl sites for hydroxylation is 1. The molecule has 0 radical (unpaired) electrons. The lowest BCUT2D eigenvalue weighted by Gasteiger charge is -2.10. The van der Waals surface area contributed by atoms with Gasteiger partial charge in [0, 0.05) is 24.2 Å². The Morgan fingerprint density at radius 1 is 1.20 bits per heavy atom. The van der Waals surface area contributed by atoms with Gasteiger partial charge in [0.05, 0.1) is 18.2 Å². The Morgan fingerprint density at radius 2 is 1.91 bits per heavy atom. The third-order valence-electron chi connectivity index (χ3n) is 4.43. The Kier molecular flexibility index (Phi) is 8.81. The number of amides is 1. The van der Waals surface area contributed by atoms with Crippen molar-refractivity contribution < 1.29 is 22.7 Å². The topological polar surface area (TPSA) is 131 Å². The molecular formula is C23H21ClN4O5S2. The largest absolute Gasteiger partial charge is 0.493 e. The molecule has 0 saturated carbocycles. The number of anilines is 1. The van der Waals surface area contributed by atoms with Crippen LogP contribution in [0.5, 0.6) is 11.5 Å². The number of nitrogens with one attached hydrogen (secondary N) is 1. The number of hydrogen-bond donors (Lipinski definition) is 1. The highest BCUT2D eigenvalue weighted by molar-refractivity contribution is 7.90. The Morgan fingerprint density at radius 3 is 2.54 bits per heavy atom. The van der Waals surface area contributed by atoms with E-state index in [-0.39, 0.29) is 10.7 Å². The van der Waals surface area contributed by atoms with Gasteiger partial charge in [-0.1, -0.05) is 35.4 Å². The number of carbonyl (C=O) groups excluding carboxylic acids is 1. The van der Waals surface area contributed by atoms with Gasteiger partial charge >= 0.3 is 0 Å². The number of rotatable bonds is 10. The number of ether oxygens (including phenoxy) is 2. The van der Waals surface area contributed by atoms with Crippen molar-refractivity contribution in [2.75, 3.05) is 24.8 Å². The summed E-state index contributed by atoms with van der Waals surface area (Å²) in [5, 5.41) is 11.6. The fraction of sp³-hybridized carbons (Fsp3) is 0.217. The van der Waals surface area contributed by atoms with Gasteiger partial charge in [0.2, 0.25) is 15.0 Å². The number of aromatic nitrogens is 2. The summed E-state index contributed by atoms with van der Waals surface area (Å²) in [7, 11) is -3.60. The van der Waals surface area contributed by atoms with Crippen molar-refractivity contribution >= 4 is 50.1 Å². The van der Waals surface area contributed by atoms with Gasteiger partial charge in [-0.05, 0) is 42.8 Å². The average Bonchev–Trinajstić information content (AvgIpc) is 3.28. The molecule has 1 amide bonds. The zero-order valence-corrected chi connectivity index (χ0v) is 21.2. The predicted molar refractivity (Wildman–Crippen MR) is 133 cm³/mol. The van der Waals surface area contributed by atoms with E-state index in [9.17, 15) is 18.5 Å². The minimum atomic E-state index is -3.60. The average molecular weight is 533 g/mol. The molecule has 2 aromatic carbocycles. The molecule has 1 aromatic heterocycles. The van der Waals surface area contributed by atoms with Gasteiger partial charge in [-0.2, -0.15) is 14.6 Å². The molecule has 12 heteroatoms. The van der Waals surface area contributed by atoms with Crippen LogP contribution in [-0.4, -0.2) is 43.2 Å². The van der Waals surface area contributed by atoms with E-state index in [4.69, 9.17) is 21.1 Å². The maximum absolute atomic E-state index is 12.4. The Hall–Kier alpha value is -3.46. The molecule has 0 spiro atoms. The number of nitrogens with zero attached hydrogens (tertiary/aromatic N) is 3. The van der Waals surface area contributed by atoms with Crippen LogP contribution in [-0.2, 0) is 14.6 Å². The van der Waals surface area contributed by atoms with Crippen LogP contribution >= 0.6 is 23.1 Å². The third kappa shape index (κ3) is 7.78. The fourth-order valence-corrected chi connectivity index (χ4v) is 4.36. The highest BCUT2D eigenvalue weighted by Crippen LogP contribution is 2.27. The normalized spacial score (nSPS) is 11.5. The van der Waals surface area contributed by atoms with Crippen molar-refractivity contribution in [3.05, 3.63) is 64.2 Å². The number of nitriles is 1. The summed E-state index contributed by atoms with van der Waals surface area (Å²) in [6.07, 6.45) is 2.95. The molecule has 3 aromatic rings. The van der Waals surface area contributed by atoms with E-state index >= 15 is 0 Å². The molecule has 1 N–H and O–H groups in total. The first-order chi connectivity index (χ1) is 16.7. The molecule has 0 atom stereocenters. The van der Waals surface area contributed by atoms with E-state index in [0.717, 1.165) is 17.6 Å². The molecule has 9 nitrogen and oxygen atoms in total. The van der Waals surface area contributed by atoms with Crippen molar-refractivity contribution in [2.45, 2.75) is 18.5 Å². The van der Waals surface area contributed by atoms with Gasteiger partial charge in [-0.25, -0.2) is 8.42 Å². The maximum atomic E-state index is 12.4. The van der Waals surface area contributed by atoms with Crippen LogP contribution in [0.2, 0.25) is 5.02 Å². The highest BCUT2D eigenvalue weighted by Gasteiger charge is 2.17. The van der Waals surface area contributed by atoms with Gasteiger partial charge in [0.25, 0.3) is 11.1 Å². The first kappa shape index (κ1) is 26.2. The van der Waals surface area contributed by atoms with Crippen molar-refractivity contribution in [3.8, 4) is 17.6 Å². The van der Waals surface area contributed by atoms with E-state index in [2.05, 4.69) is 14.7 Å². The molecule has 3 rings (SSSR count). The lowest BCUT2D eigenvalue weighted by atomic mass is 10.1. The van der Waals surface area contributed by atoms with E-state index in [0.29, 0.717) is 47.5 Å². The molecule has 1 heterocycles. The maximum Gasteiger partial charge on any atom is 0.268 e. The smallest absolute Gasteiger partial charge is 0.268 e.